The van der Waals surface area contributed by atoms with Crippen LogP contribution in [-0.2, 0) is 0 Å². The van der Waals surface area contributed by atoms with E-state index < -0.39 is 0 Å². The highest BCUT2D eigenvalue weighted by atomic mass is 32.1. The molecule has 20 heavy (non-hydrogen) atoms. The van der Waals surface area contributed by atoms with Crippen molar-refractivity contribution in [2.24, 2.45) is 23.7 Å². The van der Waals surface area contributed by atoms with Crippen molar-refractivity contribution in [1.29, 1.82) is 0 Å². The van der Waals surface area contributed by atoms with Gasteiger partial charge in [-0.1, -0.05) is 31.4 Å². The third-order valence-corrected chi connectivity index (χ3v) is 6.91. The van der Waals surface area contributed by atoms with E-state index in [4.69, 9.17) is 0 Å². The molecular formula is C19H32S. The van der Waals surface area contributed by atoms with Gasteiger partial charge >= 0.3 is 0 Å². The number of allylic oxidation sites excluding steroid dienone is 2. The van der Waals surface area contributed by atoms with E-state index in [9.17, 15) is 0 Å². The summed E-state index contributed by atoms with van der Waals surface area (Å²) < 4.78 is 0. The zero-order valence-electron chi connectivity index (χ0n) is 13.2. The molecule has 0 aromatic heterocycles. The zero-order valence-corrected chi connectivity index (χ0v) is 14.1. The van der Waals surface area contributed by atoms with Crippen LogP contribution in [0.25, 0.3) is 0 Å². The van der Waals surface area contributed by atoms with Crippen LogP contribution < -0.4 is 0 Å². The first-order valence-corrected chi connectivity index (χ1v) is 9.61. The summed E-state index contributed by atoms with van der Waals surface area (Å²) in [5.41, 5.74) is 1.80. The summed E-state index contributed by atoms with van der Waals surface area (Å²) in [5.74, 6) is 4.09. The average Bonchev–Trinajstić information content (AvgIpc) is 2.49. The van der Waals surface area contributed by atoms with Crippen LogP contribution >= 0.6 is 12.6 Å². The van der Waals surface area contributed by atoms with Gasteiger partial charge in [0.2, 0.25) is 0 Å². The fourth-order valence-electron chi connectivity index (χ4n) is 4.93. The van der Waals surface area contributed by atoms with Crippen molar-refractivity contribution < 1.29 is 0 Å². The van der Waals surface area contributed by atoms with Gasteiger partial charge in [-0.05, 0) is 81.5 Å². The normalized spacial score (nSPS) is 43.1. The van der Waals surface area contributed by atoms with Gasteiger partial charge in [0, 0.05) is 5.25 Å². The minimum absolute atomic E-state index is 0.638. The topological polar surface area (TPSA) is 0 Å². The SMILES string of the molecule is CC1CCC(C2CCC(C3=CCC(S)CC3)CC2)CC1. The maximum atomic E-state index is 4.61. The highest BCUT2D eigenvalue weighted by molar-refractivity contribution is 7.80. The molecule has 1 atom stereocenters. The van der Waals surface area contributed by atoms with Crippen molar-refractivity contribution in [1.82, 2.24) is 0 Å². The van der Waals surface area contributed by atoms with E-state index in [1.807, 2.05) is 0 Å². The van der Waals surface area contributed by atoms with E-state index in [0.29, 0.717) is 5.25 Å². The molecule has 1 heteroatoms. The van der Waals surface area contributed by atoms with Crippen LogP contribution in [0.3, 0.4) is 0 Å². The highest BCUT2D eigenvalue weighted by Gasteiger charge is 2.31. The Morgan fingerprint density at radius 3 is 2.00 bits per heavy atom. The van der Waals surface area contributed by atoms with Crippen LogP contribution in [0.2, 0.25) is 0 Å². The smallest absolute Gasteiger partial charge is 0.00544 e. The summed E-state index contributed by atoms with van der Waals surface area (Å²) in [6.45, 7) is 2.44. The Balaban J connectivity index is 1.47. The van der Waals surface area contributed by atoms with Gasteiger partial charge in [0.05, 0.1) is 0 Å². The molecule has 0 heterocycles. The molecule has 0 saturated heterocycles. The predicted molar refractivity (Wildman–Crippen MR) is 91.3 cm³/mol. The Morgan fingerprint density at radius 1 is 0.850 bits per heavy atom. The number of rotatable bonds is 2. The third-order valence-electron chi connectivity index (χ3n) is 6.44. The van der Waals surface area contributed by atoms with Crippen LogP contribution in [-0.4, -0.2) is 5.25 Å². The summed E-state index contributed by atoms with van der Waals surface area (Å²) in [7, 11) is 0. The fourth-order valence-corrected chi connectivity index (χ4v) is 5.16. The molecule has 0 aliphatic heterocycles. The van der Waals surface area contributed by atoms with Crippen LogP contribution in [0.4, 0.5) is 0 Å². The van der Waals surface area contributed by atoms with E-state index >= 15 is 0 Å². The van der Waals surface area contributed by atoms with E-state index in [1.54, 1.807) is 5.57 Å². The van der Waals surface area contributed by atoms with Crippen molar-refractivity contribution >= 4 is 12.6 Å². The molecule has 0 nitrogen and oxygen atoms in total. The monoisotopic (exact) mass is 292 g/mol. The molecule has 0 spiro atoms. The lowest BCUT2D eigenvalue weighted by Gasteiger charge is -2.38. The Kier molecular flexibility index (Phi) is 5.18. The van der Waals surface area contributed by atoms with Gasteiger partial charge < -0.3 is 0 Å². The molecule has 1 unspecified atom stereocenters. The maximum absolute atomic E-state index is 4.61. The van der Waals surface area contributed by atoms with Gasteiger partial charge in [-0.2, -0.15) is 12.6 Å². The van der Waals surface area contributed by atoms with E-state index in [0.717, 1.165) is 23.7 Å². The van der Waals surface area contributed by atoms with Crippen molar-refractivity contribution in [2.75, 3.05) is 0 Å². The predicted octanol–water partition coefficient (Wildman–Crippen LogP) is 6.03. The lowest BCUT2D eigenvalue weighted by atomic mass is 9.68. The first kappa shape index (κ1) is 15.0. The minimum Gasteiger partial charge on any atom is -0.176 e. The van der Waals surface area contributed by atoms with Gasteiger partial charge in [0.25, 0.3) is 0 Å². The molecule has 3 aliphatic carbocycles. The molecular weight excluding hydrogens is 260 g/mol. The zero-order chi connectivity index (χ0) is 13.9. The molecule has 3 rings (SSSR count). The lowest BCUT2D eigenvalue weighted by Crippen LogP contribution is -2.26. The number of thiol groups is 1. The first-order chi connectivity index (χ1) is 9.72. The molecule has 2 fully saturated rings. The molecule has 114 valence electrons. The molecule has 0 N–H and O–H groups in total. The highest BCUT2D eigenvalue weighted by Crippen LogP contribution is 2.44. The summed E-state index contributed by atoms with van der Waals surface area (Å²) in [6, 6.07) is 0. The first-order valence-electron chi connectivity index (χ1n) is 9.09. The molecule has 0 amide bonds. The van der Waals surface area contributed by atoms with Crippen molar-refractivity contribution in [3.05, 3.63) is 11.6 Å². The van der Waals surface area contributed by atoms with Crippen molar-refractivity contribution in [3.63, 3.8) is 0 Å². The summed E-state index contributed by atoms with van der Waals surface area (Å²) in [6.07, 6.45) is 18.5. The fraction of sp³-hybridized carbons (Fsp3) is 0.895. The standard InChI is InChI=1S/C19H32S/c1-14-2-4-15(5-3-14)16-6-8-17(9-7-16)18-10-12-19(20)13-11-18/h10,14-17,19-20H,2-9,11-13H2,1H3. The third kappa shape index (κ3) is 3.64. The van der Waals surface area contributed by atoms with Crippen LogP contribution in [0, 0.1) is 23.7 Å². The molecule has 0 radical (unpaired) electrons. The maximum Gasteiger partial charge on any atom is 0.00544 e. The Morgan fingerprint density at radius 2 is 1.45 bits per heavy atom. The summed E-state index contributed by atoms with van der Waals surface area (Å²) >= 11 is 4.61. The van der Waals surface area contributed by atoms with E-state index in [1.165, 1.54) is 70.6 Å². The average molecular weight is 293 g/mol. The summed E-state index contributed by atoms with van der Waals surface area (Å²) in [4.78, 5) is 0. The molecule has 2 saturated carbocycles. The Hall–Kier alpha value is 0.0900. The summed E-state index contributed by atoms with van der Waals surface area (Å²) in [5, 5.41) is 0.638. The van der Waals surface area contributed by atoms with Gasteiger partial charge in [-0.3, -0.25) is 0 Å². The van der Waals surface area contributed by atoms with Gasteiger partial charge in [0.15, 0.2) is 0 Å². The van der Waals surface area contributed by atoms with Gasteiger partial charge in [-0.25, -0.2) is 0 Å². The van der Waals surface area contributed by atoms with Crippen LogP contribution in [0.1, 0.15) is 77.6 Å². The van der Waals surface area contributed by atoms with E-state index in [-0.39, 0.29) is 0 Å². The Bertz CT molecular complexity index is 330. The van der Waals surface area contributed by atoms with Gasteiger partial charge in [0.1, 0.15) is 0 Å². The lowest BCUT2D eigenvalue weighted by molar-refractivity contribution is 0.157. The molecule has 0 bridgehead atoms. The molecule has 0 aromatic rings. The van der Waals surface area contributed by atoms with E-state index in [2.05, 4.69) is 25.6 Å². The largest absolute Gasteiger partial charge is 0.176 e. The molecule has 0 aromatic carbocycles. The van der Waals surface area contributed by atoms with Crippen molar-refractivity contribution in [3.8, 4) is 0 Å². The van der Waals surface area contributed by atoms with Gasteiger partial charge in [-0.15, -0.1) is 0 Å². The molecule has 3 aliphatic rings. The minimum atomic E-state index is 0.638. The second-order valence-electron chi connectivity index (χ2n) is 7.84. The number of hydrogen-bond donors (Lipinski definition) is 1. The quantitative estimate of drug-likeness (QED) is 0.466. The van der Waals surface area contributed by atoms with Crippen molar-refractivity contribution in [2.45, 2.75) is 82.8 Å². The van der Waals surface area contributed by atoms with Crippen LogP contribution in [0.15, 0.2) is 11.6 Å². The van der Waals surface area contributed by atoms with Crippen LogP contribution in [0.5, 0.6) is 0 Å². The number of hydrogen-bond acceptors (Lipinski definition) is 1. The second kappa shape index (κ2) is 6.90. The Labute approximate surface area is 131 Å². The second-order valence-corrected chi connectivity index (χ2v) is 8.57.